The Bertz CT molecular complexity index is 527. The van der Waals surface area contributed by atoms with Crippen molar-refractivity contribution in [2.24, 2.45) is 0 Å². The zero-order valence-electron chi connectivity index (χ0n) is 9.86. The lowest BCUT2D eigenvalue weighted by Crippen LogP contribution is -2.24. The normalized spacial score (nSPS) is 18.6. The van der Waals surface area contributed by atoms with Crippen molar-refractivity contribution in [3.8, 4) is 0 Å². The van der Waals surface area contributed by atoms with Crippen LogP contribution >= 0.6 is 11.8 Å². The Balaban J connectivity index is 1.77. The Labute approximate surface area is 110 Å². The molecule has 1 aromatic heterocycles. The Hall–Kier alpha value is -1.26. The molecule has 0 bridgehead atoms. The first-order chi connectivity index (χ1) is 8.84. The molecule has 94 valence electrons. The van der Waals surface area contributed by atoms with E-state index in [1.807, 2.05) is 18.2 Å². The lowest BCUT2D eigenvalue weighted by molar-refractivity contribution is 0.436. The SMILES string of the molecule is Fc1cccc2c1SCCC2NCc1ccco1. The highest BCUT2D eigenvalue weighted by Crippen LogP contribution is 2.37. The summed E-state index contributed by atoms with van der Waals surface area (Å²) >= 11 is 1.60. The molecule has 0 saturated heterocycles. The number of furan rings is 1. The molecule has 0 spiro atoms. The zero-order valence-corrected chi connectivity index (χ0v) is 10.7. The third-order valence-electron chi connectivity index (χ3n) is 3.13. The van der Waals surface area contributed by atoms with Crippen molar-refractivity contribution in [3.05, 3.63) is 53.7 Å². The number of benzene rings is 1. The van der Waals surface area contributed by atoms with Gasteiger partial charge in [-0.25, -0.2) is 4.39 Å². The first-order valence-corrected chi connectivity index (χ1v) is 7.00. The van der Waals surface area contributed by atoms with E-state index < -0.39 is 0 Å². The molecule has 1 aromatic carbocycles. The second-order valence-electron chi connectivity index (χ2n) is 4.31. The van der Waals surface area contributed by atoms with Gasteiger partial charge in [0.15, 0.2) is 0 Å². The molecule has 1 N–H and O–H groups in total. The number of hydrogen-bond acceptors (Lipinski definition) is 3. The first kappa shape index (κ1) is 11.8. The van der Waals surface area contributed by atoms with Gasteiger partial charge < -0.3 is 9.73 Å². The molecule has 1 aliphatic heterocycles. The van der Waals surface area contributed by atoms with E-state index in [0.717, 1.165) is 28.4 Å². The molecule has 1 atom stereocenters. The third-order valence-corrected chi connectivity index (χ3v) is 4.29. The van der Waals surface area contributed by atoms with Crippen molar-refractivity contribution >= 4 is 11.8 Å². The fraction of sp³-hybridized carbons (Fsp3) is 0.286. The summed E-state index contributed by atoms with van der Waals surface area (Å²) in [5, 5.41) is 3.43. The Morgan fingerprint density at radius 2 is 2.28 bits per heavy atom. The first-order valence-electron chi connectivity index (χ1n) is 6.01. The molecule has 2 nitrogen and oxygen atoms in total. The predicted molar refractivity (Wildman–Crippen MR) is 70.0 cm³/mol. The maximum Gasteiger partial charge on any atom is 0.137 e. The van der Waals surface area contributed by atoms with Gasteiger partial charge in [0, 0.05) is 10.9 Å². The minimum Gasteiger partial charge on any atom is -0.468 e. The number of halogens is 1. The lowest BCUT2D eigenvalue weighted by Gasteiger charge is -2.26. The van der Waals surface area contributed by atoms with E-state index in [2.05, 4.69) is 5.32 Å². The topological polar surface area (TPSA) is 25.2 Å². The molecule has 0 saturated carbocycles. The molecule has 2 aromatic rings. The summed E-state index contributed by atoms with van der Waals surface area (Å²) in [7, 11) is 0. The molecule has 0 aliphatic carbocycles. The summed E-state index contributed by atoms with van der Waals surface area (Å²) in [6.07, 6.45) is 2.68. The molecule has 1 unspecified atom stereocenters. The molecular weight excluding hydrogens is 249 g/mol. The van der Waals surface area contributed by atoms with Gasteiger partial charge >= 0.3 is 0 Å². The van der Waals surface area contributed by atoms with Gasteiger partial charge in [0.2, 0.25) is 0 Å². The van der Waals surface area contributed by atoms with Gasteiger partial charge in [-0.05, 0) is 35.9 Å². The Kier molecular flexibility index (Phi) is 3.39. The number of thioether (sulfide) groups is 1. The van der Waals surface area contributed by atoms with Crippen LogP contribution in [0.25, 0.3) is 0 Å². The number of rotatable bonds is 3. The molecule has 0 radical (unpaired) electrons. The van der Waals surface area contributed by atoms with Crippen LogP contribution in [0.1, 0.15) is 23.8 Å². The minimum absolute atomic E-state index is 0.109. The largest absolute Gasteiger partial charge is 0.468 e. The maximum absolute atomic E-state index is 13.7. The monoisotopic (exact) mass is 263 g/mol. The van der Waals surface area contributed by atoms with Crippen molar-refractivity contribution in [2.45, 2.75) is 23.9 Å². The van der Waals surface area contributed by atoms with Crippen molar-refractivity contribution < 1.29 is 8.81 Å². The molecule has 4 heteroatoms. The van der Waals surface area contributed by atoms with Crippen LogP contribution in [0, 0.1) is 5.82 Å². The number of fused-ring (bicyclic) bond motifs is 1. The van der Waals surface area contributed by atoms with Gasteiger partial charge in [0.1, 0.15) is 11.6 Å². The molecule has 0 amide bonds. The van der Waals surface area contributed by atoms with Crippen LogP contribution in [0.5, 0.6) is 0 Å². The maximum atomic E-state index is 13.7. The van der Waals surface area contributed by atoms with E-state index in [1.54, 1.807) is 24.1 Å². The average Bonchev–Trinajstić information content (AvgIpc) is 2.90. The Morgan fingerprint density at radius 1 is 1.33 bits per heavy atom. The molecule has 0 fully saturated rings. The van der Waals surface area contributed by atoms with E-state index in [0.29, 0.717) is 6.54 Å². The highest BCUT2D eigenvalue weighted by Gasteiger charge is 2.22. The quantitative estimate of drug-likeness (QED) is 0.913. The number of hydrogen-bond donors (Lipinski definition) is 1. The second-order valence-corrected chi connectivity index (χ2v) is 5.41. The standard InChI is InChI=1S/C14H14FNOS/c15-12-5-1-4-11-13(6-8-18-14(11)12)16-9-10-3-2-7-17-10/h1-5,7,13,16H,6,8-9H2. The van der Waals surface area contributed by atoms with Gasteiger partial charge in [-0.2, -0.15) is 0 Å². The van der Waals surface area contributed by atoms with Gasteiger partial charge in [0.25, 0.3) is 0 Å². The summed E-state index contributed by atoms with van der Waals surface area (Å²) in [5.41, 5.74) is 1.07. The fourth-order valence-electron chi connectivity index (χ4n) is 2.24. The van der Waals surface area contributed by atoms with Gasteiger partial charge in [-0.1, -0.05) is 12.1 Å². The van der Waals surface area contributed by atoms with E-state index in [-0.39, 0.29) is 11.9 Å². The van der Waals surface area contributed by atoms with Crippen LogP contribution in [0.4, 0.5) is 4.39 Å². The van der Waals surface area contributed by atoms with E-state index >= 15 is 0 Å². The smallest absolute Gasteiger partial charge is 0.137 e. The highest BCUT2D eigenvalue weighted by molar-refractivity contribution is 7.99. The summed E-state index contributed by atoms with van der Waals surface area (Å²) in [6, 6.07) is 9.34. The summed E-state index contributed by atoms with van der Waals surface area (Å²) in [4.78, 5) is 0.792. The molecular formula is C14H14FNOS. The van der Waals surface area contributed by atoms with E-state index in [9.17, 15) is 4.39 Å². The average molecular weight is 263 g/mol. The van der Waals surface area contributed by atoms with Crippen molar-refractivity contribution in [1.29, 1.82) is 0 Å². The molecule has 3 rings (SSSR count). The van der Waals surface area contributed by atoms with Crippen molar-refractivity contribution in [2.75, 3.05) is 5.75 Å². The van der Waals surface area contributed by atoms with Gasteiger partial charge in [-0.3, -0.25) is 0 Å². The third kappa shape index (κ3) is 2.31. The van der Waals surface area contributed by atoms with Crippen LogP contribution in [0.2, 0.25) is 0 Å². The molecule has 2 heterocycles. The van der Waals surface area contributed by atoms with E-state index in [1.165, 1.54) is 6.07 Å². The highest BCUT2D eigenvalue weighted by atomic mass is 32.2. The summed E-state index contributed by atoms with van der Waals surface area (Å²) in [6.45, 7) is 0.679. The van der Waals surface area contributed by atoms with Crippen LogP contribution < -0.4 is 5.32 Å². The van der Waals surface area contributed by atoms with Crippen molar-refractivity contribution in [1.82, 2.24) is 5.32 Å². The van der Waals surface area contributed by atoms with E-state index in [4.69, 9.17) is 4.42 Å². The van der Waals surface area contributed by atoms with Crippen LogP contribution in [0.15, 0.2) is 45.9 Å². The van der Waals surface area contributed by atoms with Crippen LogP contribution in [0.3, 0.4) is 0 Å². The van der Waals surface area contributed by atoms with Crippen LogP contribution in [-0.4, -0.2) is 5.75 Å². The zero-order chi connectivity index (χ0) is 12.4. The molecule has 18 heavy (non-hydrogen) atoms. The van der Waals surface area contributed by atoms with Crippen LogP contribution in [-0.2, 0) is 6.54 Å². The summed E-state index contributed by atoms with van der Waals surface area (Å²) in [5.74, 6) is 1.75. The fourth-order valence-corrected chi connectivity index (χ4v) is 3.38. The number of nitrogens with one attached hydrogen (secondary N) is 1. The predicted octanol–water partition coefficient (Wildman–Crippen LogP) is 3.75. The van der Waals surface area contributed by atoms with Gasteiger partial charge in [-0.15, -0.1) is 11.8 Å². The summed E-state index contributed by atoms with van der Waals surface area (Å²) < 4.78 is 19.0. The van der Waals surface area contributed by atoms with Gasteiger partial charge in [0.05, 0.1) is 12.8 Å². The molecule has 1 aliphatic rings. The second kappa shape index (κ2) is 5.16. The lowest BCUT2D eigenvalue weighted by atomic mass is 10.0. The van der Waals surface area contributed by atoms with Crippen molar-refractivity contribution in [3.63, 3.8) is 0 Å². The Morgan fingerprint density at radius 3 is 3.11 bits per heavy atom. The minimum atomic E-state index is -0.109.